The number of hydrogen-bond acceptors (Lipinski definition) is 3. The van der Waals surface area contributed by atoms with Gasteiger partial charge in [-0.15, -0.1) is 0 Å². The van der Waals surface area contributed by atoms with Gasteiger partial charge in [0.1, 0.15) is 12.2 Å². The van der Waals surface area contributed by atoms with E-state index in [1.54, 1.807) is 0 Å². The lowest BCUT2D eigenvalue weighted by Crippen LogP contribution is -2.23. The van der Waals surface area contributed by atoms with Gasteiger partial charge in [-0.3, -0.25) is 0 Å². The first-order chi connectivity index (χ1) is 5.38. The van der Waals surface area contributed by atoms with E-state index in [1.807, 2.05) is 13.8 Å². The second-order valence-corrected chi connectivity index (χ2v) is 10.7. The Hall–Kier alpha value is 0.700. The maximum atomic E-state index is 5.76. The zero-order chi connectivity index (χ0) is 8.98. The third kappa shape index (κ3) is 1.65. The van der Waals surface area contributed by atoms with Crippen LogP contribution in [0.25, 0.3) is 0 Å². The molecule has 0 radical (unpaired) electrons. The van der Waals surface area contributed by atoms with Gasteiger partial charge in [-0.1, -0.05) is 0 Å². The van der Waals surface area contributed by atoms with Crippen LogP contribution < -0.4 is 0 Å². The van der Waals surface area contributed by atoms with Crippen molar-refractivity contribution >= 4 is 18.7 Å². The zero-order valence-electron chi connectivity index (χ0n) is 7.78. The SMILES string of the molecule is CC1(C)O[C@@H]2C[P+](C)(S)C[C@H]2O1. The fourth-order valence-electron chi connectivity index (χ4n) is 2.07. The van der Waals surface area contributed by atoms with Crippen LogP contribution in [0, 0.1) is 0 Å². The minimum Gasteiger partial charge on any atom is -0.341 e. The van der Waals surface area contributed by atoms with Gasteiger partial charge in [-0.05, 0) is 13.8 Å². The van der Waals surface area contributed by atoms with Crippen LogP contribution in [0.1, 0.15) is 13.8 Å². The predicted octanol–water partition coefficient (Wildman–Crippen LogP) is 2.01. The van der Waals surface area contributed by atoms with E-state index in [0.717, 1.165) is 12.3 Å². The largest absolute Gasteiger partial charge is 0.341 e. The summed E-state index contributed by atoms with van der Waals surface area (Å²) < 4.78 is 11.5. The Kier molecular flexibility index (Phi) is 2.01. The van der Waals surface area contributed by atoms with Gasteiger partial charge in [0, 0.05) is 12.2 Å². The van der Waals surface area contributed by atoms with Crippen molar-refractivity contribution in [3.05, 3.63) is 0 Å². The number of fused-ring (bicyclic) bond motifs is 1. The van der Waals surface area contributed by atoms with Crippen molar-refractivity contribution < 1.29 is 9.47 Å². The summed E-state index contributed by atoms with van der Waals surface area (Å²) in [6.07, 6.45) is 2.86. The monoisotopic (exact) mass is 207 g/mol. The summed E-state index contributed by atoms with van der Waals surface area (Å²) in [6.45, 7) is 5.25. The van der Waals surface area contributed by atoms with Crippen LogP contribution in [0.3, 0.4) is 0 Å². The highest BCUT2D eigenvalue weighted by molar-refractivity contribution is 8.53. The van der Waals surface area contributed by atoms with Crippen molar-refractivity contribution in [1.29, 1.82) is 0 Å². The fourth-order valence-corrected chi connectivity index (χ4v) is 5.35. The molecule has 2 aliphatic rings. The molecule has 0 aromatic heterocycles. The first-order valence-electron chi connectivity index (χ1n) is 4.31. The minimum atomic E-state index is -0.983. The van der Waals surface area contributed by atoms with Crippen LogP contribution in [0.5, 0.6) is 0 Å². The second kappa shape index (κ2) is 2.60. The average Bonchev–Trinajstić information content (AvgIpc) is 2.12. The molecule has 0 amide bonds. The van der Waals surface area contributed by atoms with E-state index in [0.29, 0.717) is 12.2 Å². The Bertz CT molecular complexity index is 167. The maximum absolute atomic E-state index is 5.76. The molecule has 0 spiro atoms. The molecule has 2 fully saturated rings. The highest BCUT2D eigenvalue weighted by Crippen LogP contribution is 2.67. The van der Waals surface area contributed by atoms with E-state index in [2.05, 4.69) is 18.9 Å². The molecule has 0 N–H and O–H groups in total. The maximum Gasteiger partial charge on any atom is 0.164 e. The van der Waals surface area contributed by atoms with Crippen molar-refractivity contribution in [2.75, 3.05) is 19.0 Å². The van der Waals surface area contributed by atoms with Crippen LogP contribution in [-0.4, -0.2) is 37.0 Å². The van der Waals surface area contributed by atoms with Crippen LogP contribution in [0.15, 0.2) is 0 Å². The van der Waals surface area contributed by atoms with E-state index in [1.165, 1.54) is 0 Å². The molecule has 4 heteroatoms. The predicted molar refractivity (Wildman–Crippen MR) is 55.4 cm³/mol. The molecule has 0 aromatic carbocycles. The molecule has 0 unspecified atom stereocenters. The van der Waals surface area contributed by atoms with E-state index < -0.39 is 6.46 Å². The lowest BCUT2D eigenvalue weighted by molar-refractivity contribution is -0.143. The molecule has 2 aliphatic heterocycles. The van der Waals surface area contributed by atoms with Crippen molar-refractivity contribution in [3.8, 4) is 0 Å². The first kappa shape index (κ1) is 9.26. The minimum absolute atomic E-state index is 0.316. The van der Waals surface area contributed by atoms with Crippen molar-refractivity contribution in [1.82, 2.24) is 0 Å². The summed E-state index contributed by atoms with van der Waals surface area (Å²) in [7, 11) is 0. The molecule has 0 aromatic rings. The summed E-state index contributed by atoms with van der Waals surface area (Å²) in [5.74, 6) is -0.358. The first-order valence-corrected chi connectivity index (χ1v) is 8.07. The van der Waals surface area contributed by atoms with Gasteiger partial charge in [-0.25, -0.2) is 0 Å². The molecule has 0 saturated carbocycles. The molecule has 2 rings (SSSR count). The summed E-state index contributed by atoms with van der Waals surface area (Å²) in [4.78, 5) is 0. The Morgan fingerprint density at radius 1 is 1.25 bits per heavy atom. The van der Waals surface area contributed by atoms with Crippen LogP contribution in [0.4, 0.5) is 0 Å². The molecule has 70 valence electrons. The standard InChI is InChI=1S/C8H16O2PS/c1-8(2)9-6-4-11(3,12)5-7(6)10-8/h6-7,12H,4-5H2,1-3H3/q+1/t6-,7-/m1/s1. The van der Waals surface area contributed by atoms with Gasteiger partial charge in [0.05, 0.1) is 25.5 Å². The summed E-state index contributed by atoms with van der Waals surface area (Å²) in [6, 6.07) is 0. The van der Waals surface area contributed by atoms with Gasteiger partial charge in [0.2, 0.25) is 0 Å². The normalized spacial score (nSPS) is 43.0. The molecule has 2 atom stereocenters. The quantitative estimate of drug-likeness (QED) is 0.484. The molecule has 2 nitrogen and oxygen atoms in total. The number of rotatable bonds is 0. The summed E-state index contributed by atoms with van der Waals surface area (Å²) in [5.41, 5.74) is 0. The number of hydrogen-bond donors (Lipinski definition) is 1. The Labute approximate surface area is 79.5 Å². The lowest BCUT2D eigenvalue weighted by atomic mass is 10.3. The highest BCUT2D eigenvalue weighted by atomic mass is 32.7. The third-order valence-electron chi connectivity index (χ3n) is 2.43. The van der Waals surface area contributed by atoms with Gasteiger partial charge in [-0.2, -0.15) is 0 Å². The second-order valence-electron chi connectivity index (χ2n) is 4.42. The fraction of sp³-hybridized carbons (Fsp3) is 1.00. The summed E-state index contributed by atoms with van der Waals surface area (Å²) >= 11 is 4.66. The van der Waals surface area contributed by atoms with Gasteiger partial charge in [0.15, 0.2) is 5.79 Å². The van der Waals surface area contributed by atoms with E-state index in [4.69, 9.17) is 9.47 Å². The lowest BCUT2D eigenvalue weighted by Gasteiger charge is -2.19. The molecular weight excluding hydrogens is 191 g/mol. The van der Waals surface area contributed by atoms with Crippen LogP contribution >= 0.6 is 18.7 Å². The molecule has 12 heavy (non-hydrogen) atoms. The molecule has 0 aliphatic carbocycles. The zero-order valence-corrected chi connectivity index (χ0v) is 9.57. The molecule has 0 bridgehead atoms. The summed E-state index contributed by atoms with van der Waals surface area (Å²) in [5, 5.41) is 0. The number of thiol groups is 1. The van der Waals surface area contributed by atoms with E-state index in [-0.39, 0.29) is 5.79 Å². The smallest absolute Gasteiger partial charge is 0.164 e. The van der Waals surface area contributed by atoms with Crippen molar-refractivity contribution in [2.24, 2.45) is 0 Å². The molecule has 2 saturated heterocycles. The third-order valence-corrected chi connectivity index (χ3v) is 5.70. The van der Waals surface area contributed by atoms with Crippen LogP contribution in [0.2, 0.25) is 0 Å². The van der Waals surface area contributed by atoms with Gasteiger partial charge < -0.3 is 9.47 Å². The topological polar surface area (TPSA) is 18.5 Å². The molecule has 2 heterocycles. The van der Waals surface area contributed by atoms with E-state index >= 15 is 0 Å². The Morgan fingerprint density at radius 2 is 1.67 bits per heavy atom. The van der Waals surface area contributed by atoms with Gasteiger partial charge >= 0.3 is 0 Å². The Balaban J connectivity index is 2.07. The van der Waals surface area contributed by atoms with Gasteiger partial charge in [0.25, 0.3) is 0 Å². The van der Waals surface area contributed by atoms with E-state index in [9.17, 15) is 0 Å². The average molecular weight is 207 g/mol. The Morgan fingerprint density at radius 3 is 2.08 bits per heavy atom. The number of ether oxygens (including phenoxy) is 2. The molecular formula is C8H16O2PS+. The van der Waals surface area contributed by atoms with Crippen molar-refractivity contribution in [3.63, 3.8) is 0 Å². The van der Waals surface area contributed by atoms with Crippen molar-refractivity contribution in [2.45, 2.75) is 31.8 Å². The highest BCUT2D eigenvalue weighted by Gasteiger charge is 2.55. The van der Waals surface area contributed by atoms with Crippen LogP contribution in [-0.2, 0) is 9.47 Å².